The molecule has 47 valence electrons. The van der Waals surface area contributed by atoms with E-state index < -0.39 is 0 Å². The lowest BCUT2D eigenvalue weighted by Gasteiger charge is -2.01. The monoisotopic (exact) mass is 130 g/mol. The van der Waals surface area contributed by atoms with Crippen molar-refractivity contribution in [2.24, 2.45) is 0 Å². The lowest BCUT2D eigenvalue weighted by Crippen LogP contribution is -2.17. The van der Waals surface area contributed by atoms with Crippen molar-refractivity contribution < 1.29 is 0 Å². The molecule has 0 aliphatic rings. The summed E-state index contributed by atoms with van der Waals surface area (Å²) in [6.45, 7) is 4.59. The van der Waals surface area contributed by atoms with E-state index in [0.717, 1.165) is 6.44 Å². The highest BCUT2D eigenvalue weighted by molar-refractivity contribution is 7.57. The van der Waals surface area contributed by atoms with Crippen LogP contribution in [0.5, 0.6) is 0 Å². The average molecular weight is 130 g/mol. The van der Waals surface area contributed by atoms with Crippen molar-refractivity contribution in [2.75, 3.05) is 32.9 Å². The molecule has 0 bridgehead atoms. The number of nitrogens with one attached hydrogen (secondary N) is 1. The van der Waals surface area contributed by atoms with Crippen LogP contribution in [0.3, 0.4) is 0 Å². The molecule has 0 spiro atoms. The molecule has 1 nitrogen and oxygen atoms in total. The normalized spacial score (nSPS) is 10.0. The Morgan fingerprint density at radius 2 is 2.12 bits per heavy atom. The molecule has 8 heavy (non-hydrogen) atoms. The first kappa shape index (κ1) is 8.45. The molecule has 0 unspecified atom stereocenters. The van der Waals surface area contributed by atoms with Gasteiger partial charge in [0.25, 0.3) is 0 Å². The Bertz CT molecular complexity index is 49.7. The van der Waals surface area contributed by atoms with Crippen molar-refractivity contribution in [3.63, 3.8) is 0 Å². The zero-order chi connectivity index (χ0) is 6.41. The third-order valence-electron chi connectivity index (χ3n) is 0.843. The zero-order valence-corrected chi connectivity index (χ0v) is 6.83. The van der Waals surface area contributed by atoms with Gasteiger partial charge in [-0.3, -0.25) is 0 Å². The molecule has 0 saturated carbocycles. The minimum atomic E-state index is 0.292. The fourth-order valence-electron chi connectivity index (χ4n) is 0.467. The SMILES string of the molecule is CNC[B]CP(C)C. The highest BCUT2D eigenvalue weighted by Gasteiger charge is 1.91. The largest absolute Gasteiger partial charge is 0.328 e. The van der Waals surface area contributed by atoms with Crippen molar-refractivity contribution in [1.82, 2.24) is 5.32 Å². The maximum atomic E-state index is 3.08. The van der Waals surface area contributed by atoms with Crippen LogP contribution in [-0.4, -0.2) is 40.2 Å². The maximum Gasteiger partial charge on any atom is 0.133 e. The topological polar surface area (TPSA) is 12.0 Å². The molecule has 0 fully saturated rings. The Hall–Kier alpha value is 0.455. The summed E-state index contributed by atoms with van der Waals surface area (Å²) in [5, 5.41) is 3.08. The Balaban J connectivity index is 2.72. The summed E-state index contributed by atoms with van der Waals surface area (Å²) in [4.78, 5) is 0. The second-order valence-corrected chi connectivity index (χ2v) is 4.63. The van der Waals surface area contributed by atoms with Crippen molar-refractivity contribution in [1.29, 1.82) is 0 Å². The minimum absolute atomic E-state index is 0.292. The van der Waals surface area contributed by atoms with Gasteiger partial charge in [-0.05, 0) is 26.8 Å². The van der Waals surface area contributed by atoms with Crippen LogP contribution >= 0.6 is 7.92 Å². The fourth-order valence-corrected chi connectivity index (χ4v) is 1.11. The minimum Gasteiger partial charge on any atom is -0.328 e. The molecule has 1 N–H and O–H groups in total. The van der Waals surface area contributed by atoms with Gasteiger partial charge in [-0.1, -0.05) is 6.06 Å². The van der Waals surface area contributed by atoms with Crippen LogP contribution in [0.25, 0.3) is 0 Å². The summed E-state index contributed by atoms with van der Waals surface area (Å²) >= 11 is 0. The Labute approximate surface area is 54.2 Å². The van der Waals surface area contributed by atoms with Crippen molar-refractivity contribution in [3.8, 4) is 0 Å². The lowest BCUT2D eigenvalue weighted by molar-refractivity contribution is 0.967. The van der Waals surface area contributed by atoms with E-state index in [-0.39, 0.29) is 0 Å². The second-order valence-electron chi connectivity index (χ2n) is 2.11. The summed E-state index contributed by atoms with van der Waals surface area (Å²) < 4.78 is 0. The molecule has 0 rings (SSSR count). The smallest absolute Gasteiger partial charge is 0.133 e. The molecule has 0 aromatic carbocycles. The number of hydrogen-bond acceptors (Lipinski definition) is 1. The highest BCUT2D eigenvalue weighted by Crippen LogP contribution is 2.21. The van der Waals surface area contributed by atoms with Crippen LogP contribution in [0.1, 0.15) is 0 Å². The Kier molecular flexibility index (Phi) is 5.91. The first-order valence-electron chi connectivity index (χ1n) is 2.88. The predicted molar refractivity (Wildman–Crippen MR) is 43.3 cm³/mol. The van der Waals surface area contributed by atoms with Crippen molar-refractivity contribution >= 4 is 15.2 Å². The van der Waals surface area contributed by atoms with Gasteiger partial charge in [0.15, 0.2) is 0 Å². The van der Waals surface area contributed by atoms with Crippen LogP contribution in [0, 0.1) is 0 Å². The quantitative estimate of drug-likeness (QED) is 0.333. The van der Waals surface area contributed by atoms with Crippen LogP contribution in [0.15, 0.2) is 0 Å². The van der Waals surface area contributed by atoms with Gasteiger partial charge in [-0.2, -0.15) is 0 Å². The molecule has 3 heteroatoms. The molecule has 1 radical (unpaired) electrons. The van der Waals surface area contributed by atoms with E-state index in [0.29, 0.717) is 7.92 Å². The van der Waals surface area contributed by atoms with E-state index in [1.165, 1.54) is 6.06 Å². The van der Waals surface area contributed by atoms with Crippen LogP contribution in [-0.2, 0) is 0 Å². The summed E-state index contributed by atoms with van der Waals surface area (Å²) in [5.41, 5.74) is 0. The Morgan fingerprint density at radius 1 is 1.50 bits per heavy atom. The van der Waals surface area contributed by atoms with Crippen molar-refractivity contribution in [2.45, 2.75) is 0 Å². The predicted octanol–water partition coefficient (Wildman–Crippen LogP) is 0.566. The summed E-state index contributed by atoms with van der Waals surface area (Å²) in [6.07, 6.45) is 1.06. The standard InChI is InChI=1S/C5H14BNP/c1-7-4-6-5-8(2)3/h7H,4-5H2,1-3H3. The van der Waals surface area contributed by atoms with E-state index in [2.05, 4.69) is 25.9 Å². The van der Waals surface area contributed by atoms with Crippen molar-refractivity contribution in [3.05, 3.63) is 0 Å². The third kappa shape index (κ3) is 6.45. The first-order chi connectivity index (χ1) is 3.77. The van der Waals surface area contributed by atoms with Gasteiger partial charge in [0.2, 0.25) is 0 Å². The van der Waals surface area contributed by atoms with Gasteiger partial charge in [-0.25, -0.2) is 0 Å². The van der Waals surface area contributed by atoms with Crippen LogP contribution < -0.4 is 5.32 Å². The molecule has 0 aliphatic carbocycles. The summed E-state index contributed by atoms with van der Waals surface area (Å²) in [7, 11) is 4.57. The molecular formula is C5H14BNP. The molecule has 0 aromatic heterocycles. The third-order valence-corrected chi connectivity index (χ3v) is 1.83. The lowest BCUT2D eigenvalue weighted by atomic mass is 9.82. The molecular weight excluding hydrogens is 116 g/mol. The zero-order valence-electron chi connectivity index (χ0n) is 5.94. The van der Waals surface area contributed by atoms with Gasteiger partial charge in [0, 0.05) is 0 Å². The van der Waals surface area contributed by atoms with Gasteiger partial charge >= 0.3 is 0 Å². The molecule has 0 aliphatic heterocycles. The number of hydrogen-bond donors (Lipinski definition) is 1. The summed E-state index contributed by atoms with van der Waals surface area (Å²) in [6, 6.07) is 1.29. The molecule has 0 heterocycles. The van der Waals surface area contributed by atoms with Crippen LogP contribution in [0.4, 0.5) is 0 Å². The van der Waals surface area contributed by atoms with E-state index in [4.69, 9.17) is 0 Å². The van der Waals surface area contributed by atoms with Gasteiger partial charge in [0.1, 0.15) is 7.28 Å². The first-order valence-corrected chi connectivity index (χ1v) is 5.30. The van der Waals surface area contributed by atoms with E-state index in [1.807, 2.05) is 7.05 Å². The van der Waals surface area contributed by atoms with E-state index in [9.17, 15) is 0 Å². The fraction of sp³-hybridized carbons (Fsp3) is 1.00. The molecule has 0 atom stereocenters. The Morgan fingerprint density at radius 3 is 2.50 bits per heavy atom. The van der Waals surface area contributed by atoms with Gasteiger partial charge in [-0.15, -0.1) is 7.92 Å². The molecule has 0 amide bonds. The molecule has 0 saturated heterocycles. The molecule has 0 aromatic rings. The van der Waals surface area contributed by atoms with Gasteiger partial charge < -0.3 is 5.32 Å². The van der Waals surface area contributed by atoms with E-state index >= 15 is 0 Å². The average Bonchev–Trinajstić information content (AvgIpc) is 1.66. The van der Waals surface area contributed by atoms with E-state index in [1.54, 1.807) is 0 Å². The van der Waals surface area contributed by atoms with Gasteiger partial charge in [0.05, 0.1) is 0 Å². The maximum absolute atomic E-state index is 3.08. The highest BCUT2D eigenvalue weighted by atomic mass is 31.1. The second kappa shape index (κ2) is 5.59. The number of rotatable bonds is 4. The van der Waals surface area contributed by atoms with Crippen LogP contribution in [0.2, 0.25) is 0 Å². The summed E-state index contributed by atoms with van der Waals surface area (Å²) in [5.74, 6) is 0.